The number of para-hydroxylation sites is 1. The van der Waals surface area contributed by atoms with Gasteiger partial charge >= 0.3 is 0 Å². The molecule has 0 atom stereocenters. The van der Waals surface area contributed by atoms with Gasteiger partial charge < -0.3 is 14.0 Å². The third-order valence-corrected chi connectivity index (χ3v) is 4.12. The minimum absolute atomic E-state index is 0.404. The molecule has 5 heteroatoms. The lowest BCUT2D eigenvalue weighted by molar-refractivity contribution is 0.119. The Kier molecular flexibility index (Phi) is 4.66. The van der Waals surface area contributed by atoms with Crippen LogP contribution in [0, 0.1) is 5.92 Å². The minimum atomic E-state index is 0.404. The fourth-order valence-corrected chi connectivity index (χ4v) is 2.75. The molecular formula is C16H21ClN2O2. The van der Waals surface area contributed by atoms with Crippen LogP contribution in [-0.4, -0.2) is 29.9 Å². The summed E-state index contributed by atoms with van der Waals surface area (Å²) in [5.41, 5.74) is 1.96. The molecule has 3 rings (SSSR count). The summed E-state index contributed by atoms with van der Waals surface area (Å²) in [5, 5.41) is 0. The minimum Gasteiger partial charge on any atom is -0.494 e. The van der Waals surface area contributed by atoms with Crippen LogP contribution in [0.4, 0.5) is 0 Å². The number of hydrogen-bond donors (Lipinski definition) is 0. The van der Waals surface area contributed by atoms with Crippen molar-refractivity contribution in [3.8, 4) is 5.75 Å². The predicted octanol–water partition coefficient (Wildman–Crippen LogP) is 3.60. The molecule has 0 bridgehead atoms. The summed E-state index contributed by atoms with van der Waals surface area (Å²) in [6.45, 7) is 2.58. The van der Waals surface area contributed by atoms with Crippen LogP contribution >= 0.6 is 11.6 Å². The molecule has 0 radical (unpaired) electrons. The van der Waals surface area contributed by atoms with Gasteiger partial charge in [-0.2, -0.15) is 0 Å². The van der Waals surface area contributed by atoms with Crippen LogP contribution in [0.15, 0.2) is 18.2 Å². The molecule has 1 aromatic heterocycles. The van der Waals surface area contributed by atoms with Gasteiger partial charge in [-0.05, 0) is 37.3 Å². The molecule has 0 spiro atoms. The highest BCUT2D eigenvalue weighted by molar-refractivity contribution is 6.16. The van der Waals surface area contributed by atoms with Gasteiger partial charge in [0.05, 0.1) is 18.5 Å². The summed E-state index contributed by atoms with van der Waals surface area (Å²) in [7, 11) is 1.67. The number of fused-ring (bicyclic) bond motifs is 1. The summed E-state index contributed by atoms with van der Waals surface area (Å²) in [5.74, 6) is 2.91. The maximum Gasteiger partial charge on any atom is 0.146 e. The van der Waals surface area contributed by atoms with E-state index in [-0.39, 0.29) is 0 Å². The molecule has 114 valence electrons. The first-order chi connectivity index (χ1) is 10.3. The van der Waals surface area contributed by atoms with Crippen LogP contribution in [0.25, 0.3) is 11.0 Å². The van der Waals surface area contributed by atoms with Crippen LogP contribution in [-0.2, 0) is 17.2 Å². The van der Waals surface area contributed by atoms with E-state index in [1.165, 1.54) is 12.8 Å². The van der Waals surface area contributed by atoms with E-state index < -0.39 is 0 Å². The number of benzene rings is 1. The van der Waals surface area contributed by atoms with E-state index in [2.05, 4.69) is 15.6 Å². The molecule has 1 fully saturated rings. The highest BCUT2D eigenvalue weighted by Gasteiger charge is 2.21. The number of methoxy groups -OCH3 is 1. The monoisotopic (exact) mass is 308 g/mol. The lowest BCUT2D eigenvalue weighted by atomic mass is 10.3. The Hall–Kier alpha value is -1.26. The second kappa shape index (κ2) is 6.67. The van der Waals surface area contributed by atoms with Crippen LogP contribution in [0.5, 0.6) is 5.75 Å². The molecule has 0 amide bonds. The zero-order valence-corrected chi connectivity index (χ0v) is 13.1. The van der Waals surface area contributed by atoms with Gasteiger partial charge in [0.15, 0.2) is 0 Å². The summed E-state index contributed by atoms with van der Waals surface area (Å²) < 4.78 is 13.2. The largest absolute Gasteiger partial charge is 0.494 e. The van der Waals surface area contributed by atoms with E-state index in [1.807, 2.05) is 12.1 Å². The van der Waals surface area contributed by atoms with Gasteiger partial charge in [-0.3, -0.25) is 0 Å². The van der Waals surface area contributed by atoms with Crippen molar-refractivity contribution in [3.05, 3.63) is 24.0 Å². The van der Waals surface area contributed by atoms with E-state index in [4.69, 9.17) is 21.1 Å². The number of ether oxygens (including phenoxy) is 2. The average Bonchev–Trinajstić information content (AvgIpc) is 3.26. The number of aryl methyl sites for hydroxylation is 1. The summed E-state index contributed by atoms with van der Waals surface area (Å²) >= 11 is 6.03. The number of halogens is 1. The van der Waals surface area contributed by atoms with Gasteiger partial charge in [0.25, 0.3) is 0 Å². The molecule has 4 nitrogen and oxygen atoms in total. The van der Waals surface area contributed by atoms with Gasteiger partial charge in [-0.25, -0.2) is 4.98 Å². The molecule has 1 heterocycles. The molecule has 0 unspecified atom stereocenters. The lowest BCUT2D eigenvalue weighted by Crippen LogP contribution is -2.06. The molecule has 0 aliphatic heterocycles. The first kappa shape index (κ1) is 14.7. The number of alkyl halides is 1. The van der Waals surface area contributed by atoms with Gasteiger partial charge in [0, 0.05) is 19.8 Å². The summed E-state index contributed by atoms with van der Waals surface area (Å²) in [4.78, 5) is 4.60. The third kappa shape index (κ3) is 3.33. The van der Waals surface area contributed by atoms with Gasteiger partial charge in [-0.15, -0.1) is 11.6 Å². The Morgan fingerprint density at radius 1 is 1.38 bits per heavy atom. The lowest BCUT2D eigenvalue weighted by Gasteiger charge is -2.08. The summed E-state index contributed by atoms with van der Waals surface area (Å²) in [6.07, 6.45) is 3.64. The number of hydrogen-bond acceptors (Lipinski definition) is 3. The molecule has 1 aliphatic rings. The van der Waals surface area contributed by atoms with Crippen molar-refractivity contribution >= 4 is 22.6 Å². The SMILES string of the molecule is COc1cccc2c1nc(CCl)n2CCCOCC1CC1. The van der Waals surface area contributed by atoms with Crippen molar-refractivity contribution in [1.29, 1.82) is 0 Å². The number of rotatable bonds is 8. The second-order valence-electron chi connectivity index (χ2n) is 5.51. The number of imidazole rings is 1. The first-order valence-electron chi connectivity index (χ1n) is 7.49. The third-order valence-electron chi connectivity index (χ3n) is 3.88. The van der Waals surface area contributed by atoms with Crippen molar-refractivity contribution in [3.63, 3.8) is 0 Å². The second-order valence-corrected chi connectivity index (χ2v) is 5.78. The van der Waals surface area contributed by atoms with Crippen LogP contribution in [0.1, 0.15) is 25.1 Å². The van der Waals surface area contributed by atoms with E-state index in [0.29, 0.717) is 5.88 Å². The Morgan fingerprint density at radius 2 is 2.24 bits per heavy atom. The van der Waals surface area contributed by atoms with Crippen molar-refractivity contribution in [2.45, 2.75) is 31.7 Å². The Balaban J connectivity index is 1.70. The van der Waals surface area contributed by atoms with Crippen LogP contribution in [0.3, 0.4) is 0 Å². The quantitative estimate of drug-likeness (QED) is 0.552. The predicted molar refractivity (Wildman–Crippen MR) is 84.0 cm³/mol. The zero-order chi connectivity index (χ0) is 14.7. The van der Waals surface area contributed by atoms with Crippen molar-refractivity contribution in [2.75, 3.05) is 20.3 Å². The zero-order valence-electron chi connectivity index (χ0n) is 12.3. The molecule has 1 aromatic carbocycles. The number of aromatic nitrogens is 2. The standard InChI is InChI=1S/C16H21ClN2O2/c1-20-14-5-2-4-13-16(14)18-15(10-17)19(13)8-3-9-21-11-12-6-7-12/h2,4-5,12H,3,6-11H2,1H3. The van der Waals surface area contributed by atoms with E-state index >= 15 is 0 Å². The Labute approximate surface area is 130 Å². The fraction of sp³-hybridized carbons (Fsp3) is 0.562. The molecule has 1 saturated carbocycles. The van der Waals surface area contributed by atoms with E-state index in [1.54, 1.807) is 7.11 Å². The molecule has 2 aromatic rings. The van der Waals surface area contributed by atoms with Crippen LogP contribution < -0.4 is 4.74 Å². The Bertz CT molecular complexity index is 608. The van der Waals surface area contributed by atoms with Gasteiger partial charge in [0.1, 0.15) is 17.1 Å². The first-order valence-corrected chi connectivity index (χ1v) is 8.02. The normalized spacial score (nSPS) is 14.8. The molecule has 0 N–H and O–H groups in total. The molecular weight excluding hydrogens is 288 g/mol. The Morgan fingerprint density at radius 3 is 2.95 bits per heavy atom. The molecule has 21 heavy (non-hydrogen) atoms. The highest BCUT2D eigenvalue weighted by Crippen LogP contribution is 2.29. The smallest absolute Gasteiger partial charge is 0.146 e. The molecule has 0 saturated heterocycles. The maximum atomic E-state index is 6.03. The molecule has 1 aliphatic carbocycles. The van der Waals surface area contributed by atoms with Gasteiger partial charge in [0.2, 0.25) is 0 Å². The topological polar surface area (TPSA) is 36.3 Å². The fourth-order valence-electron chi connectivity index (χ4n) is 2.54. The highest BCUT2D eigenvalue weighted by atomic mass is 35.5. The number of nitrogens with zero attached hydrogens (tertiary/aromatic N) is 2. The van der Waals surface area contributed by atoms with Crippen LogP contribution in [0.2, 0.25) is 0 Å². The van der Waals surface area contributed by atoms with Gasteiger partial charge in [-0.1, -0.05) is 6.07 Å². The summed E-state index contributed by atoms with van der Waals surface area (Å²) in [6, 6.07) is 5.98. The van der Waals surface area contributed by atoms with E-state index in [0.717, 1.165) is 54.7 Å². The van der Waals surface area contributed by atoms with Crippen molar-refractivity contribution in [1.82, 2.24) is 9.55 Å². The van der Waals surface area contributed by atoms with E-state index in [9.17, 15) is 0 Å². The van der Waals surface area contributed by atoms with Crippen molar-refractivity contribution < 1.29 is 9.47 Å². The van der Waals surface area contributed by atoms with Crippen molar-refractivity contribution in [2.24, 2.45) is 5.92 Å². The maximum absolute atomic E-state index is 6.03. The average molecular weight is 309 g/mol.